The van der Waals surface area contributed by atoms with E-state index in [9.17, 15) is 20.2 Å². The predicted octanol–water partition coefficient (Wildman–Crippen LogP) is -1.51. The fourth-order valence-electron chi connectivity index (χ4n) is 2.14. The number of rotatable bonds is 5. The Hall–Kier alpha value is -4.11. The van der Waals surface area contributed by atoms with E-state index in [0.29, 0.717) is 11.3 Å². The summed E-state index contributed by atoms with van der Waals surface area (Å²) in [6, 6.07) is 5.37. The average molecular weight is 439 g/mol. The van der Waals surface area contributed by atoms with Crippen LogP contribution in [0.4, 0.5) is 28.4 Å². The monoisotopic (exact) mass is 438 g/mol. The van der Waals surface area contributed by atoms with Gasteiger partial charge in [0.05, 0.1) is 36.2 Å². The summed E-state index contributed by atoms with van der Waals surface area (Å²) in [5.74, 6) is 0.397. The van der Waals surface area contributed by atoms with Crippen LogP contribution in [0.1, 0.15) is 12.5 Å². The van der Waals surface area contributed by atoms with E-state index >= 15 is 0 Å². The highest BCUT2D eigenvalue weighted by Gasteiger charge is 2.19. The smallest absolute Gasteiger partial charge is 0.296 e. The van der Waals surface area contributed by atoms with Gasteiger partial charge in [-0.1, -0.05) is 0 Å². The van der Waals surface area contributed by atoms with Crippen molar-refractivity contribution < 1.29 is 37.1 Å². The van der Waals surface area contributed by atoms with Gasteiger partial charge in [-0.3, -0.25) is 25.6 Å². The highest BCUT2D eigenvalue weighted by Crippen LogP contribution is 2.36. The van der Waals surface area contributed by atoms with Crippen molar-refractivity contribution >= 4 is 34.1 Å². The zero-order valence-electron chi connectivity index (χ0n) is 16.2. The van der Waals surface area contributed by atoms with Crippen LogP contribution in [0.3, 0.4) is 0 Å². The molecule has 0 bridgehead atoms. The van der Waals surface area contributed by atoms with E-state index < -0.39 is 9.85 Å². The fourth-order valence-corrected chi connectivity index (χ4v) is 2.14. The number of benzene rings is 2. The first-order valence-electron chi connectivity index (χ1n) is 7.77. The van der Waals surface area contributed by atoms with Crippen molar-refractivity contribution in [3.8, 4) is 11.5 Å². The third kappa shape index (κ3) is 5.94. The predicted molar refractivity (Wildman–Crippen MR) is 106 cm³/mol. The Bertz CT molecular complexity index is 1020. The van der Waals surface area contributed by atoms with Crippen LogP contribution in [0.2, 0.25) is 0 Å². The highest BCUT2D eigenvalue weighted by molar-refractivity contribution is 5.96. The van der Waals surface area contributed by atoms with Crippen LogP contribution in [0, 0.1) is 26.8 Å². The third-order valence-corrected chi connectivity index (χ3v) is 3.64. The van der Waals surface area contributed by atoms with Crippen LogP contribution in [0.15, 0.2) is 24.3 Å². The van der Waals surface area contributed by atoms with Gasteiger partial charge in [0.2, 0.25) is 0 Å². The minimum absolute atomic E-state index is 0. The Balaban J connectivity index is 0.000000544. The second kappa shape index (κ2) is 11.0. The maximum atomic E-state index is 10.7. The molecule has 0 spiro atoms. The number of ether oxygens (including phenoxy) is 2. The van der Waals surface area contributed by atoms with Crippen molar-refractivity contribution in [1.82, 2.24) is 0 Å². The normalized spacial score (nSPS) is 9.13. The molecule has 0 heterocycles. The first-order chi connectivity index (χ1) is 13.6. The number of nitrogens with two attached hydrogens (primary N) is 3. The Morgan fingerprint density at radius 3 is 1.80 bits per heavy atom. The van der Waals surface area contributed by atoms with E-state index in [1.54, 1.807) is 13.0 Å². The quantitative estimate of drug-likeness (QED) is 0.165. The number of nitrogen functional groups attached to an aromatic ring is 2. The first kappa shape index (κ1) is 25.9. The molecule has 2 rings (SSSR count). The summed E-state index contributed by atoms with van der Waals surface area (Å²) in [5.41, 5.74) is 11.6. The first-order valence-corrected chi connectivity index (χ1v) is 7.77. The number of nitro benzene ring substituents is 2. The van der Waals surface area contributed by atoms with Crippen molar-refractivity contribution in [2.45, 2.75) is 6.92 Å². The lowest BCUT2D eigenvalue weighted by Gasteiger charge is -2.06. The van der Waals surface area contributed by atoms with Crippen LogP contribution in [0.25, 0.3) is 4.85 Å². The summed E-state index contributed by atoms with van der Waals surface area (Å²) >= 11 is 0. The summed E-state index contributed by atoms with van der Waals surface area (Å²) in [7, 11) is 2.73. The molecule has 0 aromatic heterocycles. The van der Waals surface area contributed by atoms with E-state index in [1.807, 2.05) is 0 Å². The summed E-state index contributed by atoms with van der Waals surface area (Å²) in [6.07, 6.45) is 0. The Morgan fingerprint density at radius 1 is 1.00 bits per heavy atom. The van der Waals surface area contributed by atoms with Gasteiger partial charge in [0, 0.05) is 19.1 Å². The number of hydrogen-bond acceptors (Lipinski definition) is 8. The number of hydrogen-bond donors (Lipinski definition) is 3. The van der Waals surface area contributed by atoms with E-state index in [2.05, 4.69) is 4.85 Å². The minimum atomic E-state index is -0.646. The molecule has 6 N–H and O–H groups in total. The van der Waals surface area contributed by atoms with Crippen LogP contribution in [-0.2, 0) is 0 Å². The maximum Gasteiger partial charge on any atom is 0.296 e. The molecule has 0 fully saturated rings. The number of nitro groups is 2. The van der Waals surface area contributed by atoms with E-state index in [-0.39, 0.29) is 52.3 Å². The van der Waals surface area contributed by atoms with Crippen molar-refractivity contribution in [2.75, 3.05) is 25.7 Å². The van der Waals surface area contributed by atoms with Gasteiger partial charge in [-0.15, -0.1) is 0 Å². The molecule has 30 heavy (non-hydrogen) atoms. The van der Waals surface area contributed by atoms with Gasteiger partial charge in [0.1, 0.15) is 11.5 Å². The van der Waals surface area contributed by atoms with Crippen LogP contribution < -0.4 is 38.8 Å². The molecule has 0 saturated heterocycles. The summed E-state index contributed by atoms with van der Waals surface area (Å²) in [5, 5.41) is 26.8. The van der Waals surface area contributed by atoms with Crippen molar-refractivity contribution in [3.63, 3.8) is 0 Å². The van der Waals surface area contributed by atoms with Gasteiger partial charge >= 0.3 is 0 Å². The molecule has 0 aliphatic heterocycles. The van der Waals surface area contributed by atoms with Gasteiger partial charge in [-0.2, -0.15) is 0 Å². The SMILES string of the molecule is COc1cc(C(C)=[NH2+])cc([N+](=O)[O-])c1N.[C-]#[N+]c1cc(OC)c(N)c([N+](=O)[O-])c1.[Cl-]. The Labute approximate surface area is 177 Å². The van der Waals surface area contributed by atoms with E-state index in [0.717, 1.165) is 6.07 Å². The molecule has 2 aromatic rings. The highest BCUT2D eigenvalue weighted by atomic mass is 35.5. The summed E-state index contributed by atoms with van der Waals surface area (Å²) in [4.78, 5) is 23.1. The molecule has 0 saturated carbocycles. The molecule has 0 aliphatic carbocycles. The largest absolute Gasteiger partial charge is 1.00 e. The van der Waals surface area contributed by atoms with Crippen LogP contribution in [-0.4, -0.2) is 29.8 Å². The van der Waals surface area contributed by atoms with Crippen molar-refractivity contribution in [1.29, 1.82) is 0 Å². The molecule has 0 atom stereocenters. The molecule has 0 unspecified atom stereocenters. The molecule has 0 aliphatic rings. The average Bonchev–Trinajstić information content (AvgIpc) is 2.68. The molecular formula is C17H19ClN6O6. The lowest BCUT2D eigenvalue weighted by atomic mass is 10.1. The Kier molecular flexibility index (Phi) is 9.52. The van der Waals surface area contributed by atoms with E-state index in [1.165, 1.54) is 26.4 Å². The molecule has 2 aromatic carbocycles. The zero-order valence-corrected chi connectivity index (χ0v) is 17.0. The number of anilines is 2. The molecule has 0 radical (unpaired) electrons. The van der Waals surface area contributed by atoms with Gasteiger partial charge in [-0.05, 0) is 12.1 Å². The molecule has 0 amide bonds. The summed E-state index contributed by atoms with van der Waals surface area (Å²) < 4.78 is 9.73. The molecule has 160 valence electrons. The van der Waals surface area contributed by atoms with Gasteiger partial charge in [0.25, 0.3) is 11.4 Å². The van der Waals surface area contributed by atoms with Crippen LogP contribution in [0.5, 0.6) is 11.5 Å². The zero-order chi connectivity index (χ0) is 22.3. The van der Waals surface area contributed by atoms with E-state index in [4.69, 9.17) is 32.9 Å². The number of halogens is 1. The second-order valence-electron chi connectivity index (χ2n) is 5.50. The minimum Gasteiger partial charge on any atom is -1.00 e. The molecular weight excluding hydrogens is 420 g/mol. The second-order valence-corrected chi connectivity index (χ2v) is 5.50. The summed E-state index contributed by atoms with van der Waals surface area (Å²) in [6.45, 7) is 8.38. The van der Waals surface area contributed by atoms with Gasteiger partial charge in [-0.25, -0.2) is 4.85 Å². The third-order valence-electron chi connectivity index (χ3n) is 3.64. The molecule has 13 heteroatoms. The Morgan fingerprint density at radius 2 is 1.43 bits per heavy atom. The van der Waals surface area contributed by atoms with Crippen molar-refractivity contribution in [2.24, 2.45) is 0 Å². The van der Waals surface area contributed by atoms with Gasteiger partial charge < -0.3 is 33.3 Å². The number of methoxy groups -OCH3 is 2. The molecule has 12 nitrogen and oxygen atoms in total. The van der Waals surface area contributed by atoms with Crippen LogP contribution >= 0.6 is 0 Å². The fraction of sp³-hybridized carbons (Fsp3) is 0.176. The standard InChI is InChI=1S/C9H11N3O3.C8H7N3O3.ClH/c1-5(10)6-3-7(12(13)14)9(11)8(4-6)15-2;1-10-5-3-6(11(12)13)8(9)7(4-5)14-2;/h3-4,10H,11H2,1-2H3;3-4H,9H2,2H3;1H. The van der Waals surface area contributed by atoms with Crippen molar-refractivity contribution in [3.05, 3.63) is 61.5 Å². The lowest BCUT2D eigenvalue weighted by Crippen LogP contribution is -3.00. The number of nitrogens with zero attached hydrogens (tertiary/aromatic N) is 3. The van der Waals surface area contributed by atoms with Gasteiger partial charge in [0.15, 0.2) is 22.8 Å². The topological polar surface area (TPSA) is 187 Å². The lowest BCUT2D eigenvalue weighted by molar-refractivity contribution is -0.384. The maximum absolute atomic E-state index is 10.7.